The minimum absolute atomic E-state index is 0.161. The lowest BCUT2D eigenvalue weighted by atomic mass is 10.1. The molecule has 0 spiro atoms. The summed E-state index contributed by atoms with van der Waals surface area (Å²) in [5.74, 6) is -1.05. The van der Waals surface area contributed by atoms with Crippen LogP contribution in [0.1, 0.15) is 62.2 Å². The third-order valence-electron chi connectivity index (χ3n) is 5.86. The highest BCUT2D eigenvalue weighted by atomic mass is 19.2. The molecule has 2 saturated carbocycles. The first-order valence-corrected chi connectivity index (χ1v) is 9.42. The van der Waals surface area contributed by atoms with Gasteiger partial charge in [0, 0.05) is 11.3 Å². The van der Waals surface area contributed by atoms with Gasteiger partial charge < -0.3 is 16.2 Å². The fraction of sp³-hybridized carbons (Fsp3) is 0.526. The van der Waals surface area contributed by atoms with Crippen molar-refractivity contribution in [1.82, 2.24) is 9.90 Å². The quantitative estimate of drug-likeness (QED) is 0.553. The first kappa shape index (κ1) is 18.0. The molecule has 4 rings (SSSR count). The molecule has 27 heavy (non-hydrogen) atoms. The van der Waals surface area contributed by atoms with Crippen LogP contribution in [0.3, 0.4) is 0 Å². The fourth-order valence-electron chi connectivity index (χ4n) is 4.12. The van der Waals surface area contributed by atoms with E-state index in [0.29, 0.717) is 29.3 Å². The van der Waals surface area contributed by atoms with E-state index in [1.165, 1.54) is 10.7 Å². The molecule has 144 valence electrons. The van der Waals surface area contributed by atoms with Crippen LogP contribution in [0.4, 0.5) is 14.6 Å². The molecule has 0 aliphatic heterocycles. The van der Waals surface area contributed by atoms with Gasteiger partial charge in [-0.3, -0.25) is 0 Å². The van der Waals surface area contributed by atoms with Crippen molar-refractivity contribution in [1.29, 1.82) is 5.41 Å². The minimum atomic E-state index is -0.960. The second-order valence-electron chi connectivity index (χ2n) is 7.64. The first-order valence-electron chi connectivity index (χ1n) is 9.42. The molecule has 1 aromatic carbocycles. The lowest BCUT2D eigenvalue weighted by Crippen LogP contribution is -2.47. The molecule has 0 amide bonds. The Balaban J connectivity index is 1.83. The second kappa shape index (κ2) is 6.67. The molecule has 6 nitrogen and oxygen atoms in total. The minimum Gasteiger partial charge on any atom is -0.389 e. The molecule has 2 aliphatic rings. The summed E-state index contributed by atoms with van der Waals surface area (Å²) in [7, 11) is 0. The van der Waals surface area contributed by atoms with E-state index in [0.717, 1.165) is 38.0 Å². The highest BCUT2D eigenvalue weighted by Crippen LogP contribution is 2.43. The molecule has 3 atom stereocenters. The maximum absolute atomic E-state index is 14.0. The monoisotopic (exact) mass is 376 g/mol. The van der Waals surface area contributed by atoms with Gasteiger partial charge in [-0.25, -0.2) is 8.78 Å². The van der Waals surface area contributed by atoms with Crippen LogP contribution in [0.25, 0.3) is 5.69 Å². The van der Waals surface area contributed by atoms with Gasteiger partial charge in [0.15, 0.2) is 11.6 Å². The topological polar surface area (TPSA) is 91.8 Å². The molecular formula is C19H24F2N5O+. The average molecular weight is 376 g/mol. The molecular weight excluding hydrogens is 352 g/mol. The number of halogens is 2. The normalized spacial score (nSPS) is 25.1. The molecule has 1 aromatic heterocycles. The Labute approximate surface area is 156 Å². The number of nitrogens with zero attached hydrogens (tertiary/aromatic N) is 3. The van der Waals surface area contributed by atoms with Crippen molar-refractivity contribution in [2.24, 2.45) is 5.92 Å². The van der Waals surface area contributed by atoms with Crippen molar-refractivity contribution in [3.63, 3.8) is 0 Å². The van der Waals surface area contributed by atoms with Crippen LogP contribution in [-0.2, 0) is 0 Å². The third-order valence-corrected chi connectivity index (χ3v) is 5.86. The van der Waals surface area contributed by atoms with Gasteiger partial charge in [-0.2, -0.15) is 0 Å². The number of anilines is 1. The average Bonchev–Trinajstić information content (AvgIpc) is 3.35. The molecule has 4 N–H and O–H groups in total. The Morgan fingerprint density at radius 1 is 1.33 bits per heavy atom. The van der Waals surface area contributed by atoms with Crippen LogP contribution >= 0.6 is 0 Å². The van der Waals surface area contributed by atoms with E-state index >= 15 is 0 Å². The molecule has 2 fully saturated rings. The van der Waals surface area contributed by atoms with Gasteiger partial charge in [-0.15, -0.1) is 9.36 Å². The van der Waals surface area contributed by atoms with Gasteiger partial charge in [-0.1, -0.05) is 13.3 Å². The Morgan fingerprint density at radius 3 is 2.63 bits per heavy atom. The number of aliphatic hydroxyl groups is 1. The summed E-state index contributed by atoms with van der Waals surface area (Å²) in [6.45, 7) is 2.08. The molecule has 0 radical (unpaired) electrons. The number of benzene rings is 1. The van der Waals surface area contributed by atoms with Crippen LogP contribution < -0.4 is 10.4 Å². The predicted molar refractivity (Wildman–Crippen MR) is 96.0 cm³/mol. The van der Waals surface area contributed by atoms with Gasteiger partial charge in [0.05, 0.1) is 12.3 Å². The van der Waals surface area contributed by atoms with Gasteiger partial charge in [0.25, 0.3) is 5.82 Å². The van der Waals surface area contributed by atoms with Crippen LogP contribution in [-0.4, -0.2) is 27.3 Å². The zero-order valence-electron chi connectivity index (χ0n) is 15.2. The zero-order valence-corrected chi connectivity index (χ0v) is 15.2. The number of nitrogens with one attached hydrogen (secondary N) is 1. The van der Waals surface area contributed by atoms with E-state index in [2.05, 4.69) is 12.1 Å². The molecule has 1 heterocycles. The van der Waals surface area contributed by atoms with E-state index in [1.807, 2.05) is 0 Å². The molecule has 3 unspecified atom stereocenters. The number of nitrogen functional groups attached to an aromatic ring is 1. The van der Waals surface area contributed by atoms with Crippen molar-refractivity contribution in [2.75, 3.05) is 5.73 Å². The van der Waals surface area contributed by atoms with Crippen LogP contribution in [0, 0.1) is 23.0 Å². The highest BCUT2D eigenvalue weighted by Gasteiger charge is 2.40. The summed E-state index contributed by atoms with van der Waals surface area (Å²) in [6, 6.07) is 2.05. The SMILES string of the molecule is CCC1CC(O)C([n+]2nn(-c3cc(F)c(F)cc3C3CC3)c(C=N)c2N)C1. The van der Waals surface area contributed by atoms with Crippen LogP contribution in [0.5, 0.6) is 0 Å². The summed E-state index contributed by atoms with van der Waals surface area (Å²) in [6.07, 6.45) is 4.70. The van der Waals surface area contributed by atoms with Crippen molar-refractivity contribution in [3.8, 4) is 5.69 Å². The van der Waals surface area contributed by atoms with Gasteiger partial charge in [0.2, 0.25) is 5.69 Å². The molecule has 0 saturated heterocycles. The van der Waals surface area contributed by atoms with Gasteiger partial charge in [-0.05, 0) is 49.1 Å². The molecule has 8 heteroatoms. The number of aliphatic hydroxyl groups excluding tert-OH is 1. The first-order chi connectivity index (χ1) is 12.9. The van der Waals surface area contributed by atoms with Crippen molar-refractivity contribution < 1.29 is 18.6 Å². The van der Waals surface area contributed by atoms with E-state index in [4.69, 9.17) is 11.1 Å². The smallest absolute Gasteiger partial charge is 0.282 e. The Kier molecular flexibility index (Phi) is 4.46. The molecule has 0 bridgehead atoms. The zero-order chi connectivity index (χ0) is 19.3. The van der Waals surface area contributed by atoms with Crippen molar-refractivity contribution >= 4 is 12.0 Å². The summed E-state index contributed by atoms with van der Waals surface area (Å²) in [5.41, 5.74) is 7.62. The van der Waals surface area contributed by atoms with Gasteiger partial charge >= 0.3 is 0 Å². The Bertz CT molecular complexity index is 893. The maximum Gasteiger partial charge on any atom is 0.282 e. The summed E-state index contributed by atoms with van der Waals surface area (Å²) < 4.78 is 30.7. The number of rotatable bonds is 5. The second-order valence-corrected chi connectivity index (χ2v) is 7.64. The Morgan fingerprint density at radius 2 is 2.04 bits per heavy atom. The van der Waals surface area contributed by atoms with Crippen molar-refractivity contribution in [3.05, 3.63) is 35.0 Å². The lowest BCUT2D eigenvalue weighted by Gasteiger charge is -2.10. The van der Waals surface area contributed by atoms with E-state index in [-0.39, 0.29) is 17.8 Å². The Hall–Kier alpha value is -2.35. The molecule has 2 aliphatic carbocycles. The fourth-order valence-corrected chi connectivity index (χ4v) is 4.12. The largest absolute Gasteiger partial charge is 0.389 e. The van der Waals surface area contributed by atoms with Gasteiger partial charge in [0.1, 0.15) is 11.7 Å². The third kappa shape index (κ3) is 3.01. The predicted octanol–water partition coefficient (Wildman–Crippen LogP) is 2.62. The van der Waals surface area contributed by atoms with Crippen LogP contribution in [0.2, 0.25) is 0 Å². The van der Waals surface area contributed by atoms with Crippen molar-refractivity contribution in [2.45, 2.75) is 57.1 Å². The summed E-state index contributed by atoms with van der Waals surface area (Å²) in [5, 5.41) is 22.7. The maximum atomic E-state index is 14.0. The number of hydrogen-bond acceptors (Lipinski definition) is 4. The van der Waals surface area contributed by atoms with Crippen LogP contribution in [0.15, 0.2) is 12.1 Å². The summed E-state index contributed by atoms with van der Waals surface area (Å²) in [4.78, 5) is 0. The highest BCUT2D eigenvalue weighted by molar-refractivity contribution is 5.81. The standard InChI is InChI=1S/C19H24F2N5O/c1-2-10-5-16(18(27)6-10)26-19(23)17(9-22)25(24-26)15-8-14(21)13(20)7-12(15)11-3-4-11/h7-11,16,18,22,27H,2-6,23H2,1H3/q+1. The number of nitrogens with two attached hydrogens (primary N) is 1. The van der Waals surface area contributed by atoms with E-state index in [9.17, 15) is 13.9 Å². The van der Waals surface area contributed by atoms with E-state index < -0.39 is 17.7 Å². The number of aromatic nitrogens is 3. The molecule has 2 aromatic rings. The lowest BCUT2D eigenvalue weighted by molar-refractivity contribution is -0.770. The summed E-state index contributed by atoms with van der Waals surface area (Å²) >= 11 is 0. The van der Waals surface area contributed by atoms with E-state index in [1.54, 1.807) is 4.68 Å². The number of hydrogen-bond donors (Lipinski definition) is 3.